The first-order chi connectivity index (χ1) is 13.1. The molecule has 0 aliphatic heterocycles. The van der Waals surface area contributed by atoms with E-state index >= 15 is 0 Å². The molecule has 2 atom stereocenters. The highest BCUT2D eigenvalue weighted by Crippen LogP contribution is 2.23. The van der Waals surface area contributed by atoms with E-state index < -0.39 is 6.10 Å². The Kier molecular flexibility index (Phi) is 5.97. The second kappa shape index (κ2) is 8.58. The Morgan fingerprint density at radius 1 is 0.963 bits per heavy atom. The molecule has 0 spiro atoms. The molecule has 4 heteroatoms. The summed E-state index contributed by atoms with van der Waals surface area (Å²) in [6, 6.07) is 21.6. The van der Waals surface area contributed by atoms with E-state index in [2.05, 4.69) is 11.4 Å². The molecule has 0 aliphatic rings. The normalized spacial score (nSPS) is 13.0. The van der Waals surface area contributed by atoms with Crippen LogP contribution in [0.4, 0.5) is 0 Å². The zero-order chi connectivity index (χ0) is 19.2. The highest BCUT2D eigenvalue weighted by Gasteiger charge is 2.19. The van der Waals surface area contributed by atoms with Gasteiger partial charge in [-0.3, -0.25) is 4.79 Å². The van der Waals surface area contributed by atoms with E-state index in [1.807, 2.05) is 67.6 Å². The highest BCUT2D eigenvalue weighted by molar-refractivity contribution is 5.84. The van der Waals surface area contributed by atoms with Crippen LogP contribution in [0.3, 0.4) is 0 Å². The Labute approximate surface area is 160 Å². The minimum absolute atomic E-state index is 0.0638. The molecule has 3 rings (SSSR count). The standard InChI is InChI=1S/C23H25NO3/c1-4-22(18-10-12-20(26-3)13-11-18)24-23(25)16(2)27-21-14-9-17-7-5-6-8-19(17)15-21/h5-16,22H,4H2,1-3H3,(H,24,25)/t16-,22-/m1/s1. The first-order valence-electron chi connectivity index (χ1n) is 9.20. The smallest absolute Gasteiger partial charge is 0.261 e. The van der Waals surface area contributed by atoms with Crippen molar-refractivity contribution in [1.29, 1.82) is 0 Å². The molecule has 3 aromatic rings. The van der Waals surface area contributed by atoms with E-state index in [-0.39, 0.29) is 11.9 Å². The summed E-state index contributed by atoms with van der Waals surface area (Å²) in [6.45, 7) is 3.81. The van der Waals surface area contributed by atoms with Gasteiger partial charge in [0.1, 0.15) is 11.5 Å². The average molecular weight is 363 g/mol. The second-order valence-electron chi connectivity index (χ2n) is 6.51. The van der Waals surface area contributed by atoms with Gasteiger partial charge in [-0.1, -0.05) is 49.4 Å². The van der Waals surface area contributed by atoms with Crippen LogP contribution in [-0.2, 0) is 4.79 Å². The predicted octanol–water partition coefficient (Wildman–Crippen LogP) is 4.88. The molecule has 0 saturated carbocycles. The molecule has 0 unspecified atom stereocenters. The maximum absolute atomic E-state index is 12.6. The number of rotatable bonds is 7. The van der Waals surface area contributed by atoms with Crippen LogP contribution in [0.1, 0.15) is 31.9 Å². The fourth-order valence-electron chi connectivity index (χ4n) is 3.04. The lowest BCUT2D eigenvalue weighted by atomic mass is 10.0. The van der Waals surface area contributed by atoms with Gasteiger partial charge in [0.15, 0.2) is 6.10 Å². The molecule has 140 valence electrons. The zero-order valence-electron chi connectivity index (χ0n) is 15.9. The number of methoxy groups -OCH3 is 1. The summed E-state index contributed by atoms with van der Waals surface area (Å²) in [4.78, 5) is 12.6. The number of benzene rings is 3. The Bertz CT molecular complexity index is 905. The fraction of sp³-hybridized carbons (Fsp3) is 0.261. The number of carbonyl (C=O) groups is 1. The van der Waals surface area contributed by atoms with Crippen molar-refractivity contribution in [3.05, 3.63) is 72.3 Å². The van der Waals surface area contributed by atoms with Crippen molar-refractivity contribution < 1.29 is 14.3 Å². The van der Waals surface area contributed by atoms with Gasteiger partial charge in [-0.05, 0) is 53.9 Å². The van der Waals surface area contributed by atoms with Crippen molar-refractivity contribution in [3.63, 3.8) is 0 Å². The van der Waals surface area contributed by atoms with Crippen LogP contribution < -0.4 is 14.8 Å². The van der Waals surface area contributed by atoms with Gasteiger partial charge >= 0.3 is 0 Å². The maximum Gasteiger partial charge on any atom is 0.261 e. The summed E-state index contributed by atoms with van der Waals surface area (Å²) in [5.41, 5.74) is 1.05. The van der Waals surface area contributed by atoms with Crippen molar-refractivity contribution in [2.45, 2.75) is 32.4 Å². The number of ether oxygens (including phenoxy) is 2. The molecule has 1 N–H and O–H groups in total. The molecular weight excluding hydrogens is 338 g/mol. The van der Waals surface area contributed by atoms with Crippen LogP contribution in [0.2, 0.25) is 0 Å². The molecule has 0 aliphatic carbocycles. The van der Waals surface area contributed by atoms with Gasteiger partial charge in [0.05, 0.1) is 13.2 Å². The molecule has 0 saturated heterocycles. The van der Waals surface area contributed by atoms with E-state index in [1.54, 1.807) is 14.0 Å². The Morgan fingerprint density at radius 2 is 1.63 bits per heavy atom. The van der Waals surface area contributed by atoms with Gasteiger partial charge in [-0.25, -0.2) is 0 Å². The summed E-state index contributed by atoms with van der Waals surface area (Å²) < 4.78 is 11.1. The molecule has 27 heavy (non-hydrogen) atoms. The third-order valence-electron chi connectivity index (χ3n) is 4.65. The van der Waals surface area contributed by atoms with Crippen LogP contribution >= 0.6 is 0 Å². The van der Waals surface area contributed by atoms with Crippen molar-refractivity contribution in [1.82, 2.24) is 5.32 Å². The van der Waals surface area contributed by atoms with Crippen molar-refractivity contribution in [2.75, 3.05) is 7.11 Å². The number of hydrogen-bond acceptors (Lipinski definition) is 3. The molecule has 3 aromatic carbocycles. The van der Waals surface area contributed by atoms with E-state index in [1.165, 1.54) is 0 Å². The van der Waals surface area contributed by atoms with Crippen molar-refractivity contribution >= 4 is 16.7 Å². The van der Waals surface area contributed by atoms with Crippen LogP contribution in [-0.4, -0.2) is 19.1 Å². The van der Waals surface area contributed by atoms with E-state index in [9.17, 15) is 4.79 Å². The third kappa shape index (κ3) is 4.59. The summed E-state index contributed by atoms with van der Waals surface area (Å²) in [6.07, 6.45) is 0.208. The molecule has 4 nitrogen and oxygen atoms in total. The van der Waals surface area contributed by atoms with E-state index in [0.717, 1.165) is 28.5 Å². The first-order valence-corrected chi connectivity index (χ1v) is 9.20. The molecule has 0 fully saturated rings. The lowest BCUT2D eigenvalue weighted by molar-refractivity contribution is -0.128. The van der Waals surface area contributed by atoms with Crippen LogP contribution in [0.15, 0.2) is 66.7 Å². The van der Waals surface area contributed by atoms with E-state index in [4.69, 9.17) is 9.47 Å². The van der Waals surface area contributed by atoms with Gasteiger partial charge in [-0.2, -0.15) is 0 Å². The topological polar surface area (TPSA) is 47.6 Å². The molecule has 0 radical (unpaired) electrons. The Hall–Kier alpha value is -3.01. The summed E-state index contributed by atoms with van der Waals surface area (Å²) >= 11 is 0. The predicted molar refractivity (Wildman–Crippen MR) is 108 cm³/mol. The van der Waals surface area contributed by atoms with Crippen molar-refractivity contribution in [2.24, 2.45) is 0 Å². The Morgan fingerprint density at radius 3 is 2.30 bits per heavy atom. The van der Waals surface area contributed by atoms with Gasteiger partial charge in [0.25, 0.3) is 5.91 Å². The second-order valence-corrected chi connectivity index (χ2v) is 6.51. The van der Waals surface area contributed by atoms with Crippen LogP contribution in [0.5, 0.6) is 11.5 Å². The molecule has 0 aromatic heterocycles. The summed E-state index contributed by atoms with van der Waals surface area (Å²) in [5, 5.41) is 5.31. The first kappa shape index (κ1) is 18.8. The Balaban J connectivity index is 1.65. The zero-order valence-corrected chi connectivity index (χ0v) is 15.9. The number of amides is 1. The summed E-state index contributed by atoms with van der Waals surface area (Å²) in [7, 11) is 1.64. The minimum atomic E-state index is -0.585. The summed E-state index contributed by atoms with van der Waals surface area (Å²) in [5.74, 6) is 1.35. The maximum atomic E-state index is 12.6. The van der Waals surface area contributed by atoms with Gasteiger partial charge in [0, 0.05) is 0 Å². The quantitative estimate of drug-likeness (QED) is 0.650. The third-order valence-corrected chi connectivity index (χ3v) is 4.65. The largest absolute Gasteiger partial charge is 0.497 e. The highest BCUT2D eigenvalue weighted by atomic mass is 16.5. The number of fused-ring (bicyclic) bond motifs is 1. The van der Waals surface area contributed by atoms with Gasteiger partial charge in [-0.15, -0.1) is 0 Å². The lowest BCUT2D eigenvalue weighted by Gasteiger charge is -2.21. The van der Waals surface area contributed by atoms with Gasteiger partial charge < -0.3 is 14.8 Å². The minimum Gasteiger partial charge on any atom is -0.497 e. The molecule has 0 bridgehead atoms. The molecular formula is C23H25NO3. The number of carbonyl (C=O) groups excluding carboxylic acids is 1. The monoisotopic (exact) mass is 363 g/mol. The fourth-order valence-corrected chi connectivity index (χ4v) is 3.04. The SMILES string of the molecule is CC[C@@H](NC(=O)[C@@H](C)Oc1ccc2ccccc2c1)c1ccc(OC)cc1. The number of nitrogens with one attached hydrogen (secondary N) is 1. The van der Waals surface area contributed by atoms with E-state index in [0.29, 0.717) is 5.75 Å². The average Bonchev–Trinajstić information content (AvgIpc) is 2.71. The van der Waals surface area contributed by atoms with Gasteiger partial charge in [0.2, 0.25) is 0 Å². The molecule has 1 amide bonds. The van der Waals surface area contributed by atoms with Crippen LogP contribution in [0, 0.1) is 0 Å². The van der Waals surface area contributed by atoms with Crippen molar-refractivity contribution in [3.8, 4) is 11.5 Å². The lowest BCUT2D eigenvalue weighted by Crippen LogP contribution is -2.38. The van der Waals surface area contributed by atoms with Crippen LogP contribution in [0.25, 0.3) is 10.8 Å². The molecule has 0 heterocycles. The number of hydrogen-bond donors (Lipinski definition) is 1.